The summed E-state index contributed by atoms with van der Waals surface area (Å²) < 4.78 is 7.38. The van der Waals surface area contributed by atoms with E-state index in [1.807, 2.05) is 62.7 Å². The Morgan fingerprint density at radius 1 is 1.26 bits per heavy atom. The molecule has 0 amide bonds. The van der Waals surface area contributed by atoms with Crippen molar-refractivity contribution in [3.8, 4) is 11.4 Å². The van der Waals surface area contributed by atoms with Crippen LogP contribution in [-0.4, -0.2) is 16.7 Å². The Hall–Kier alpha value is -2.03. The highest BCUT2D eigenvalue weighted by atomic mass is 16.5. The molecule has 19 heavy (non-hydrogen) atoms. The number of hydrogen-bond acceptors (Lipinski definition) is 2. The molecule has 0 unspecified atom stereocenters. The highest BCUT2D eigenvalue weighted by Crippen LogP contribution is 2.24. The Kier molecular flexibility index (Phi) is 5.86. The van der Waals surface area contributed by atoms with Crippen molar-refractivity contribution in [2.24, 2.45) is 0 Å². The molecule has 0 aliphatic rings. The molecule has 0 saturated carbocycles. The minimum absolute atomic E-state index is 0.845. The van der Waals surface area contributed by atoms with E-state index in [-0.39, 0.29) is 0 Å². The molecule has 0 atom stereocenters. The summed E-state index contributed by atoms with van der Waals surface area (Å²) in [4.78, 5) is 4.22. The van der Waals surface area contributed by atoms with Crippen LogP contribution in [0.1, 0.15) is 32.0 Å². The van der Waals surface area contributed by atoms with Crippen LogP contribution in [0.2, 0.25) is 0 Å². The topological polar surface area (TPSA) is 27.1 Å². The van der Waals surface area contributed by atoms with Crippen molar-refractivity contribution in [2.75, 3.05) is 7.11 Å². The van der Waals surface area contributed by atoms with Crippen LogP contribution in [-0.2, 0) is 0 Å². The first-order valence-electron chi connectivity index (χ1n) is 6.56. The van der Waals surface area contributed by atoms with Crippen molar-refractivity contribution in [3.05, 3.63) is 48.1 Å². The fourth-order valence-corrected chi connectivity index (χ4v) is 1.76. The number of benzene rings is 1. The monoisotopic (exact) mass is 258 g/mol. The SMILES string of the molecule is C/C=C/c1ccc(-n2cnc(C)c2)c(OC)c1.CC. The second kappa shape index (κ2) is 7.41. The van der Waals surface area contributed by atoms with Gasteiger partial charge in [-0.2, -0.15) is 0 Å². The molecule has 0 aliphatic heterocycles. The van der Waals surface area contributed by atoms with Crippen LogP contribution >= 0.6 is 0 Å². The standard InChI is InChI=1S/C14H16N2O.C2H6/c1-4-5-12-6-7-13(14(8-12)17-3)16-9-11(2)15-10-16;1-2/h4-10H,1-3H3;1-2H3/b5-4+;. The average Bonchev–Trinajstić information content (AvgIpc) is 2.88. The fourth-order valence-electron chi connectivity index (χ4n) is 1.76. The Morgan fingerprint density at radius 3 is 2.53 bits per heavy atom. The third-order valence-electron chi connectivity index (χ3n) is 2.55. The number of hydrogen-bond donors (Lipinski definition) is 0. The molecule has 0 bridgehead atoms. The van der Waals surface area contributed by atoms with Crippen molar-refractivity contribution in [1.29, 1.82) is 0 Å². The van der Waals surface area contributed by atoms with Crippen LogP contribution < -0.4 is 4.74 Å². The van der Waals surface area contributed by atoms with E-state index >= 15 is 0 Å². The van der Waals surface area contributed by atoms with E-state index in [0.717, 1.165) is 22.7 Å². The molecular formula is C16H22N2O. The van der Waals surface area contributed by atoms with Gasteiger partial charge in [0.25, 0.3) is 0 Å². The van der Waals surface area contributed by atoms with Gasteiger partial charge in [0.15, 0.2) is 0 Å². The molecule has 0 fully saturated rings. The molecule has 102 valence electrons. The van der Waals surface area contributed by atoms with Gasteiger partial charge in [-0.25, -0.2) is 4.98 Å². The number of imidazole rings is 1. The first-order chi connectivity index (χ1) is 9.24. The van der Waals surface area contributed by atoms with Crippen molar-refractivity contribution in [1.82, 2.24) is 9.55 Å². The predicted octanol–water partition coefficient (Wildman–Crippen LogP) is 4.25. The van der Waals surface area contributed by atoms with Gasteiger partial charge in [0, 0.05) is 6.20 Å². The molecule has 3 heteroatoms. The van der Waals surface area contributed by atoms with Gasteiger partial charge in [-0.05, 0) is 31.5 Å². The minimum atomic E-state index is 0.845. The zero-order chi connectivity index (χ0) is 14.3. The molecule has 0 spiro atoms. The highest BCUT2D eigenvalue weighted by Gasteiger charge is 2.05. The summed E-state index contributed by atoms with van der Waals surface area (Å²) in [6.45, 7) is 7.97. The van der Waals surface area contributed by atoms with Gasteiger partial charge < -0.3 is 9.30 Å². The zero-order valence-electron chi connectivity index (χ0n) is 12.3. The van der Waals surface area contributed by atoms with E-state index in [0.29, 0.717) is 0 Å². The lowest BCUT2D eigenvalue weighted by atomic mass is 10.1. The maximum atomic E-state index is 5.41. The second-order valence-electron chi connectivity index (χ2n) is 3.85. The number of aryl methyl sites for hydroxylation is 1. The van der Waals surface area contributed by atoms with Crippen LogP contribution in [0.3, 0.4) is 0 Å². The fraction of sp³-hybridized carbons (Fsp3) is 0.312. The molecular weight excluding hydrogens is 236 g/mol. The normalized spacial score (nSPS) is 10.2. The van der Waals surface area contributed by atoms with Gasteiger partial charge in [0.1, 0.15) is 5.75 Å². The van der Waals surface area contributed by atoms with Crippen LogP contribution in [0.5, 0.6) is 5.75 Å². The van der Waals surface area contributed by atoms with Crippen LogP contribution in [0.4, 0.5) is 0 Å². The third kappa shape index (κ3) is 3.71. The molecule has 1 heterocycles. The quantitative estimate of drug-likeness (QED) is 0.823. The molecule has 0 aliphatic carbocycles. The van der Waals surface area contributed by atoms with Crippen LogP contribution in [0.15, 0.2) is 36.8 Å². The summed E-state index contributed by atoms with van der Waals surface area (Å²) in [7, 11) is 1.68. The highest BCUT2D eigenvalue weighted by molar-refractivity contribution is 5.58. The molecule has 2 aromatic rings. The van der Waals surface area contributed by atoms with Crippen LogP contribution in [0.25, 0.3) is 11.8 Å². The van der Waals surface area contributed by atoms with E-state index in [4.69, 9.17) is 4.74 Å². The lowest BCUT2D eigenvalue weighted by Crippen LogP contribution is -1.95. The van der Waals surface area contributed by atoms with Crippen LogP contribution in [0, 0.1) is 6.92 Å². The van der Waals surface area contributed by atoms with Crippen molar-refractivity contribution in [3.63, 3.8) is 0 Å². The number of ether oxygens (including phenoxy) is 1. The van der Waals surface area contributed by atoms with Gasteiger partial charge in [0.05, 0.1) is 24.8 Å². The van der Waals surface area contributed by atoms with E-state index < -0.39 is 0 Å². The van der Waals surface area contributed by atoms with E-state index in [2.05, 4.69) is 11.1 Å². The average molecular weight is 258 g/mol. The first-order valence-corrected chi connectivity index (χ1v) is 6.56. The van der Waals surface area contributed by atoms with Gasteiger partial charge in [0.2, 0.25) is 0 Å². The van der Waals surface area contributed by atoms with Crippen molar-refractivity contribution < 1.29 is 4.74 Å². The molecule has 1 aromatic carbocycles. The molecule has 0 N–H and O–H groups in total. The summed E-state index contributed by atoms with van der Waals surface area (Å²) in [5, 5.41) is 0. The summed E-state index contributed by atoms with van der Waals surface area (Å²) >= 11 is 0. The number of rotatable bonds is 3. The summed E-state index contributed by atoms with van der Waals surface area (Å²) in [6, 6.07) is 6.12. The van der Waals surface area contributed by atoms with E-state index in [9.17, 15) is 0 Å². The van der Waals surface area contributed by atoms with Crippen molar-refractivity contribution in [2.45, 2.75) is 27.7 Å². The largest absolute Gasteiger partial charge is 0.495 e. The zero-order valence-corrected chi connectivity index (χ0v) is 12.3. The Bertz CT molecular complexity index is 541. The van der Waals surface area contributed by atoms with Gasteiger partial charge >= 0.3 is 0 Å². The molecule has 2 rings (SSSR count). The summed E-state index contributed by atoms with van der Waals surface area (Å²) in [5.41, 5.74) is 3.12. The Labute approximate surface area is 115 Å². The Balaban J connectivity index is 0.000000861. The van der Waals surface area contributed by atoms with E-state index in [1.54, 1.807) is 13.4 Å². The van der Waals surface area contributed by atoms with Gasteiger partial charge in [-0.15, -0.1) is 0 Å². The summed E-state index contributed by atoms with van der Waals surface area (Å²) in [5.74, 6) is 0.845. The molecule has 0 saturated heterocycles. The maximum Gasteiger partial charge on any atom is 0.143 e. The predicted molar refractivity (Wildman–Crippen MR) is 80.9 cm³/mol. The minimum Gasteiger partial charge on any atom is -0.495 e. The lowest BCUT2D eigenvalue weighted by Gasteiger charge is -2.09. The first kappa shape index (κ1) is 15.0. The second-order valence-corrected chi connectivity index (χ2v) is 3.85. The number of methoxy groups -OCH3 is 1. The number of allylic oxidation sites excluding steroid dienone is 1. The third-order valence-corrected chi connectivity index (χ3v) is 2.55. The molecule has 0 radical (unpaired) electrons. The van der Waals surface area contributed by atoms with Gasteiger partial charge in [-0.3, -0.25) is 0 Å². The molecule has 1 aromatic heterocycles. The molecule has 3 nitrogen and oxygen atoms in total. The maximum absolute atomic E-state index is 5.41. The lowest BCUT2D eigenvalue weighted by molar-refractivity contribution is 0.413. The Morgan fingerprint density at radius 2 is 2.00 bits per heavy atom. The van der Waals surface area contributed by atoms with Gasteiger partial charge in [-0.1, -0.05) is 32.1 Å². The summed E-state index contributed by atoms with van der Waals surface area (Å²) in [6.07, 6.45) is 7.83. The van der Waals surface area contributed by atoms with Crippen molar-refractivity contribution >= 4 is 6.08 Å². The number of nitrogens with zero attached hydrogens (tertiary/aromatic N) is 2. The van der Waals surface area contributed by atoms with E-state index in [1.165, 1.54) is 0 Å². The number of aromatic nitrogens is 2. The smallest absolute Gasteiger partial charge is 0.143 e.